The van der Waals surface area contributed by atoms with Crippen LogP contribution >= 0.6 is 0 Å². The number of hydrogen-bond donors (Lipinski definition) is 0. The second-order valence-electron chi connectivity index (χ2n) is 8.83. The van der Waals surface area contributed by atoms with Crippen molar-refractivity contribution in [3.63, 3.8) is 0 Å². The molecule has 0 heterocycles. The maximum atomic E-state index is 6.03. The van der Waals surface area contributed by atoms with Gasteiger partial charge in [0, 0.05) is 12.7 Å². The summed E-state index contributed by atoms with van der Waals surface area (Å²) in [6, 6.07) is 18.5. The molecule has 2 heteroatoms. The third kappa shape index (κ3) is 5.09. The summed E-state index contributed by atoms with van der Waals surface area (Å²) in [6.45, 7) is 13.9. The van der Waals surface area contributed by atoms with E-state index in [-0.39, 0.29) is 10.8 Å². The fourth-order valence-corrected chi connectivity index (χ4v) is 4.02. The Balaban J connectivity index is 2.21. The van der Waals surface area contributed by atoms with Crippen molar-refractivity contribution in [2.75, 3.05) is 7.11 Å². The van der Waals surface area contributed by atoms with Gasteiger partial charge in [-0.2, -0.15) is 0 Å². The first-order chi connectivity index (χ1) is 11.6. The SMILES string of the molecule is COC(Oc1ccc(C(C(C)(C)C)C(C)(C)C)cc1)c1ccccc1. The summed E-state index contributed by atoms with van der Waals surface area (Å²) in [7, 11) is 1.67. The van der Waals surface area contributed by atoms with E-state index >= 15 is 0 Å². The maximum Gasteiger partial charge on any atom is 0.226 e. The van der Waals surface area contributed by atoms with E-state index in [1.54, 1.807) is 7.11 Å². The molecule has 0 spiro atoms. The Labute approximate surface area is 153 Å². The second-order valence-corrected chi connectivity index (χ2v) is 8.83. The maximum absolute atomic E-state index is 6.03. The summed E-state index contributed by atoms with van der Waals surface area (Å²) in [4.78, 5) is 0. The average Bonchev–Trinajstić information content (AvgIpc) is 2.52. The van der Waals surface area contributed by atoms with E-state index in [1.165, 1.54) is 5.56 Å². The monoisotopic (exact) mass is 340 g/mol. The highest BCUT2D eigenvalue weighted by molar-refractivity contribution is 5.32. The van der Waals surface area contributed by atoms with Crippen LogP contribution < -0.4 is 4.74 Å². The predicted molar refractivity (Wildman–Crippen MR) is 105 cm³/mol. The molecular weight excluding hydrogens is 308 g/mol. The third-order valence-corrected chi connectivity index (χ3v) is 4.47. The molecule has 0 saturated heterocycles. The van der Waals surface area contributed by atoms with Crippen LogP contribution in [0.1, 0.15) is 64.9 Å². The first-order valence-electron chi connectivity index (χ1n) is 8.97. The summed E-state index contributed by atoms with van der Waals surface area (Å²) >= 11 is 0. The highest BCUT2D eigenvalue weighted by Crippen LogP contribution is 2.47. The third-order valence-electron chi connectivity index (χ3n) is 4.47. The molecule has 0 N–H and O–H groups in total. The fourth-order valence-electron chi connectivity index (χ4n) is 4.02. The topological polar surface area (TPSA) is 18.5 Å². The fraction of sp³-hybridized carbons (Fsp3) is 0.478. The molecule has 1 atom stereocenters. The van der Waals surface area contributed by atoms with Crippen LogP contribution in [0.15, 0.2) is 54.6 Å². The molecule has 2 aromatic carbocycles. The predicted octanol–water partition coefficient (Wildman–Crippen LogP) is 6.59. The molecule has 0 aliphatic rings. The smallest absolute Gasteiger partial charge is 0.226 e. The molecule has 0 amide bonds. The minimum absolute atomic E-state index is 0.194. The number of methoxy groups -OCH3 is 1. The molecule has 0 aliphatic heterocycles. The number of rotatable bonds is 5. The highest BCUT2D eigenvalue weighted by Gasteiger charge is 2.35. The minimum atomic E-state index is -0.395. The van der Waals surface area contributed by atoms with Crippen molar-refractivity contribution < 1.29 is 9.47 Å². The first-order valence-corrected chi connectivity index (χ1v) is 8.97. The van der Waals surface area contributed by atoms with Crippen molar-refractivity contribution >= 4 is 0 Å². The van der Waals surface area contributed by atoms with E-state index in [4.69, 9.17) is 9.47 Å². The zero-order chi connectivity index (χ0) is 18.7. The zero-order valence-corrected chi connectivity index (χ0v) is 16.7. The Morgan fingerprint density at radius 2 is 1.20 bits per heavy atom. The van der Waals surface area contributed by atoms with Gasteiger partial charge in [-0.1, -0.05) is 84.0 Å². The van der Waals surface area contributed by atoms with Gasteiger partial charge in [0.05, 0.1) is 0 Å². The molecule has 0 saturated carbocycles. The quantitative estimate of drug-likeness (QED) is 0.572. The molecule has 0 aliphatic carbocycles. The second kappa shape index (κ2) is 7.61. The van der Waals surface area contributed by atoms with E-state index in [2.05, 4.69) is 65.8 Å². The highest BCUT2D eigenvalue weighted by atomic mass is 16.7. The Kier molecular flexibility index (Phi) is 5.95. The van der Waals surface area contributed by atoms with Crippen molar-refractivity contribution in [3.8, 4) is 5.75 Å². The van der Waals surface area contributed by atoms with E-state index < -0.39 is 6.29 Å². The Bertz CT molecular complexity index is 631. The summed E-state index contributed by atoms with van der Waals surface area (Å²) < 4.78 is 11.5. The van der Waals surface area contributed by atoms with Crippen LogP contribution in [0, 0.1) is 10.8 Å². The van der Waals surface area contributed by atoms with Gasteiger partial charge in [0.15, 0.2) is 0 Å². The molecule has 2 aromatic rings. The van der Waals surface area contributed by atoms with Crippen LogP contribution in [0.4, 0.5) is 0 Å². The first kappa shape index (κ1) is 19.5. The molecule has 0 fully saturated rings. The summed E-state index contributed by atoms with van der Waals surface area (Å²) in [6.07, 6.45) is -0.395. The Hall–Kier alpha value is -1.80. The lowest BCUT2D eigenvalue weighted by atomic mass is 9.64. The van der Waals surface area contributed by atoms with E-state index in [0.717, 1.165) is 11.3 Å². The molecule has 0 radical (unpaired) electrons. The largest absolute Gasteiger partial charge is 0.461 e. The molecular formula is C23H32O2. The van der Waals surface area contributed by atoms with Crippen molar-refractivity contribution in [1.29, 1.82) is 0 Å². The minimum Gasteiger partial charge on any atom is -0.461 e. The van der Waals surface area contributed by atoms with E-state index in [0.29, 0.717) is 5.92 Å². The Morgan fingerprint density at radius 3 is 1.64 bits per heavy atom. The van der Waals surface area contributed by atoms with Crippen LogP contribution in [-0.4, -0.2) is 7.11 Å². The molecule has 2 rings (SSSR count). The van der Waals surface area contributed by atoms with Crippen molar-refractivity contribution in [2.24, 2.45) is 10.8 Å². The van der Waals surface area contributed by atoms with Crippen molar-refractivity contribution in [1.82, 2.24) is 0 Å². The van der Waals surface area contributed by atoms with Crippen LogP contribution in [0.3, 0.4) is 0 Å². The number of hydrogen-bond acceptors (Lipinski definition) is 2. The van der Waals surface area contributed by atoms with Gasteiger partial charge in [-0.05, 0) is 34.4 Å². The van der Waals surface area contributed by atoms with Gasteiger partial charge in [0.2, 0.25) is 6.29 Å². The number of ether oxygens (including phenoxy) is 2. The lowest BCUT2D eigenvalue weighted by Gasteiger charge is -2.41. The van der Waals surface area contributed by atoms with Crippen LogP contribution in [0.2, 0.25) is 0 Å². The van der Waals surface area contributed by atoms with Gasteiger partial charge >= 0.3 is 0 Å². The zero-order valence-electron chi connectivity index (χ0n) is 16.7. The van der Waals surface area contributed by atoms with Crippen LogP contribution in [0.25, 0.3) is 0 Å². The van der Waals surface area contributed by atoms with Gasteiger partial charge in [0.1, 0.15) is 5.75 Å². The van der Waals surface area contributed by atoms with Crippen LogP contribution in [-0.2, 0) is 4.74 Å². The standard InChI is InChI=1S/C23H32O2/c1-22(2,3)20(23(4,5)6)17-13-15-19(16-14-17)25-21(24-7)18-11-9-8-10-12-18/h8-16,20-21H,1-7H3. The molecule has 2 nitrogen and oxygen atoms in total. The molecule has 25 heavy (non-hydrogen) atoms. The van der Waals surface area contributed by atoms with Gasteiger partial charge in [-0.25, -0.2) is 0 Å². The summed E-state index contributed by atoms with van der Waals surface area (Å²) in [5.41, 5.74) is 2.75. The van der Waals surface area contributed by atoms with Gasteiger partial charge < -0.3 is 9.47 Å². The van der Waals surface area contributed by atoms with Gasteiger partial charge in [-0.3, -0.25) is 0 Å². The van der Waals surface area contributed by atoms with Crippen molar-refractivity contribution in [3.05, 3.63) is 65.7 Å². The van der Waals surface area contributed by atoms with Crippen molar-refractivity contribution in [2.45, 2.75) is 53.8 Å². The molecule has 1 unspecified atom stereocenters. The number of benzene rings is 2. The molecule has 0 aromatic heterocycles. The van der Waals surface area contributed by atoms with E-state index in [1.807, 2.05) is 30.3 Å². The molecule has 0 bridgehead atoms. The summed E-state index contributed by atoms with van der Waals surface area (Å²) in [5, 5.41) is 0. The Morgan fingerprint density at radius 1 is 0.680 bits per heavy atom. The summed E-state index contributed by atoms with van der Waals surface area (Å²) in [5.74, 6) is 1.28. The lowest BCUT2D eigenvalue weighted by molar-refractivity contribution is -0.0562. The lowest BCUT2D eigenvalue weighted by Crippen LogP contribution is -2.30. The van der Waals surface area contributed by atoms with E-state index in [9.17, 15) is 0 Å². The normalized spacial score (nSPS) is 13.8. The van der Waals surface area contributed by atoms with Gasteiger partial charge in [-0.15, -0.1) is 0 Å². The molecule has 136 valence electrons. The average molecular weight is 341 g/mol. The van der Waals surface area contributed by atoms with Crippen LogP contribution in [0.5, 0.6) is 5.75 Å². The van der Waals surface area contributed by atoms with Gasteiger partial charge in [0.25, 0.3) is 0 Å².